The van der Waals surface area contributed by atoms with Crippen LogP contribution < -0.4 is 5.46 Å². The Kier molecular flexibility index (Phi) is 4.08. The van der Waals surface area contributed by atoms with Crippen molar-refractivity contribution in [2.24, 2.45) is 0 Å². The molecule has 1 aliphatic rings. The van der Waals surface area contributed by atoms with Crippen molar-refractivity contribution in [3.8, 4) is 0 Å². The third-order valence-electron chi connectivity index (χ3n) is 4.00. The Labute approximate surface area is 128 Å². The molecule has 1 saturated heterocycles. The van der Waals surface area contributed by atoms with Crippen molar-refractivity contribution in [3.05, 3.63) is 28.5 Å². The molecular formula is C14H17BClFO4. The van der Waals surface area contributed by atoms with Gasteiger partial charge in [-0.25, -0.2) is 9.18 Å². The number of carbonyl (C=O) groups excluding carboxylic acids is 1. The molecule has 114 valence electrons. The summed E-state index contributed by atoms with van der Waals surface area (Å²) in [5, 5.41) is -0.157. The summed E-state index contributed by atoms with van der Waals surface area (Å²) in [6, 6.07) is 2.37. The second kappa shape index (κ2) is 5.27. The molecule has 21 heavy (non-hydrogen) atoms. The van der Waals surface area contributed by atoms with Crippen LogP contribution >= 0.6 is 11.6 Å². The average Bonchev–Trinajstić information content (AvgIpc) is 2.60. The number of esters is 1. The van der Waals surface area contributed by atoms with Crippen molar-refractivity contribution >= 4 is 30.2 Å². The molecule has 2 rings (SSSR count). The zero-order chi connectivity index (χ0) is 16.0. The first-order chi connectivity index (χ1) is 9.59. The number of hydrogen-bond acceptors (Lipinski definition) is 4. The Hall–Kier alpha value is -1.11. The van der Waals surface area contributed by atoms with E-state index in [1.165, 1.54) is 13.2 Å². The third-order valence-corrected chi connectivity index (χ3v) is 4.29. The number of methoxy groups -OCH3 is 1. The second-order valence-corrected chi connectivity index (χ2v) is 6.34. The summed E-state index contributed by atoms with van der Waals surface area (Å²) in [5.41, 5.74) is -0.799. The number of rotatable bonds is 2. The Balaban J connectivity index is 2.50. The predicted molar refractivity (Wildman–Crippen MR) is 78.5 cm³/mol. The predicted octanol–water partition coefficient (Wildman–Crippen LogP) is 2.56. The normalized spacial score (nSPS) is 19.7. The quantitative estimate of drug-likeness (QED) is 0.622. The first-order valence-electron chi connectivity index (χ1n) is 6.52. The molecule has 7 heteroatoms. The highest BCUT2D eigenvalue weighted by Gasteiger charge is 2.52. The molecule has 0 N–H and O–H groups in total. The molecule has 0 bridgehead atoms. The fourth-order valence-corrected chi connectivity index (χ4v) is 2.18. The molecule has 1 aromatic rings. The fraction of sp³-hybridized carbons (Fsp3) is 0.500. The van der Waals surface area contributed by atoms with E-state index in [0.29, 0.717) is 0 Å². The van der Waals surface area contributed by atoms with Crippen molar-refractivity contribution in [1.82, 2.24) is 0 Å². The van der Waals surface area contributed by atoms with Gasteiger partial charge < -0.3 is 14.0 Å². The van der Waals surface area contributed by atoms with Crippen LogP contribution in [0.15, 0.2) is 12.1 Å². The highest BCUT2D eigenvalue weighted by Crippen LogP contribution is 2.37. The van der Waals surface area contributed by atoms with Crippen LogP contribution in [0, 0.1) is 5.82 Å². The molecule has 0 saturated carbocycles. The average molecular weight is 315 g/mol. The van der Waals surface area contributed by atoms with E-state index in [2.05, 4.69) is 0 Å². The smallest absolute Gasteiger partial charge is 0.465 e. The number of hydrogen-bond donors (Lipinski definition) is 0. The highest BCUT2D eigenvalue weighted by atomic mass is 35.5. The summed E-state index contributed by atoms with van der Waals surface area (Å²) < 4.78 is 30.2. The van der Waals surface area contributed by atoms with Crippen LogP contribution in [0.3, 0.4) is 0 Å². The van der Waals surface area contributed by atoms with Gasteiger partial charge in [-0.15, -0.1) is 0 Å². The van der Waals surface area contributed by atoms with Gasteiger partial charge in [0.05, 0.1) is 28.9 Å². The lowest BCUT2D eigenvalue weighted by atomic mass is 9.76. The van der Waals surface area contributed by atoms with E-state index >= 15 is 0 Å². The van der Waals surface area contributed by atoms with Crippen LogP contribution in [0.4, 0.5) is 4.39 Å². The van der Waals surface area contributed by atoms with Gasteiger partial charge in [-0.1, -0.05) is 11.6 Å². The third kappa shape index (κ3) is 2.80. The van der Waals surface area contributed by atoms with Crippen molar-refractivity contribution in [1.29, 1.82) is 0 Å². The molecule has 0 unspecified atom stereocenters. The maximum absolute atomic E-state index is 13.8. The Morgan fingerprint density at radius 3 is 2.24 bits per heavy atom. The summed E-state index contributed by atoms with van der Waals surface area (Å²) in [6.07, 6.45) is 0. The van der Waals surface area contributed by atoms with Gasteiger partial charge in [0, 0.05) is 0 Å². The minimum atomic E-state index is -0.865. The largest absolute Gasteiger partial charge is 0.495 e. The summed E-state index contributed by atoms with van der Waals surface area (Å²) in [7, 11) is 0.379. The molecule has 0 radical (unpaired) electrons. The molecule has 1 aromatic carbocycles. The topological polar surface area (TPSA) is 44.8 Å². The fourth-order valence-electron chi connectivity index (χ4n) is 2.01. The van der Waals surface area contributed by atoms with Gasteiger partial charge >= 0.3 is 13.1 Å². The van der Waals surface area contributed by atoms with E-state index in [9.17, 15) is 9.18 Å². The van der Waals surface area contributed by atoms with E-state index in [0.717, 1.165) is 6.07 Å². The van der Waals surface area contributed by atoms with Gasteiger partial charge in [0.25, 0.3) is 0 Å². The first-order valence-corrected chi connectivity index (χ1v) is 6.90. The van der Waals surface area contributed by atoms with Crippen LogP contribution in [0.2, 0.25) is 5.02 Å². The maximum atomic E-state index is 13.8. The maximum Gasteiger partial charge on any atom is 0.495 e. The molecular weight excluding hydrogens is 297 g/mol. The van der Waals surface area contributed by atoms with Crippen LogP contribution in [0.25, 0.3) is 0 Å². The van der Waals surface area contributed by atoms with Gasteiger partial charge in [-0.3, -0.25) is 0 Å². The van der Waals surface area contributed by atoms with E-state index in [-0.39, 0.29) is 16.0 Å². The summed E-state index contributed by atoms with van der Waals surface area (Å²) in [6.45, 7) is 7.49. The van der Waals surface area contributed by atoms with Gasteiger partial charge in [0.1, 0.15) is 5.82 Å². The standard InChI is InChI=1S/C14H17BClFO4/c1-13(2)14(3,4)21-15(20-13)9-7-11(17)10(16)6-8(9)12(18)19-5/h6-7H,1-5H3. The van der Waals surface area contributed by atoms with Crippen molar-refractivity contribution < 1.29 is 23.2 Å². The van der Waals surface area contributed by atoms with Gasteiger partial charge in [-0.2, -0.15) is 0 Å². The second-order valence-electron chi connectivity index (χ2n) is 5.93. The Morgan fingerprint density at radius 2 is 1.76 bits per heavy atom. The molecule has 1 aliphatic heterocycles. The Bertz CT molecular complexity index is 573. The van der Waals surface area contributed by atoms with Crippen LogP contribution in [0.1, 0.15) is 38.1 Å². The molecule has 0 aliphatic carbocycles. The van der Waals surface area contributed by atoms with Crippen LogP contribution in [0.5, 0.6) is 0 Å². The number of carbonyl (C=O) groups is 1. The van der Waals surface area contributed by atoms with Crippen molar-refractivity contribution in [2.75, 3.05) is 7.11 Å². The number of benzene rings is 1. The summed E-state index contributed by atoms with van der Waals surface area (Å²) >= 11 is 5.74. The first kappa shape index (κ1) is 16.3. The minimum Gasteiger partial charge on any atom is -0.465 e. The van der Waals surface area contributed by atoms with E-state index in [1.54, 1.807) is 0 Å². The summed E-state index contributed by atoms with van der Waals surface area (Å²) in [4.78, 5) is 11.9. The van der Waals surface area contributed by atoms with Crippen LogP contribution in [-0.2, 0) is 14.0 Å². The molecule has 1 heterocycles. The monoisotopic (exact) mass is 314 g/mol. The van der Waals surface area contributed by atoms with E-state index in [1.807, 2.05) is 27.7 Å². The Morgan fingerprint density at radius 1 is 1.24 bits per heavy atom. The van der Waals surface area contributed by atoms with Gasteiger partial charge in [0.2, 0.25) is 0 Å². The number of ether oxygens (including phenoxy) is 1. The highest BCUT2D eigenvalue weighted by molar-refractivity contribution is 6.63. The van der Waals surface area contributed by atoms with Gasteiger partial charge in [-0.05, 0) is 45.3 Å². The lowest BCUT2D eigenvalue weighted by Crippen LogP contribution is -2.41. The van der Waals surface area contributed by atoms with E-state index in [4.69, 9.17) is 25.6 Å². The molecule has 1 fully saturated rings. The lowest BCUT2D eigenvalue weighted by Gasteiger charge is -2.32. The van der Waals surface area contributed by atoms with Crippen molar-refractivity contribution in [2.45, 2.75) is 38.9 Å². The molecule has 0 amide bonds. The lowest BCUT2D eigenvalue weighted by molar-refractivity contribution is 0.00578. The SMILES string of the molecule is COC(=O)c1cc(Cl)c(F)cc1B1OC(C)(C)C(C)(C)O1. The van der Waals surface area contributed by atoms with Gasteiger partial charge in [0.15, 0.2) is 0 Å². The molecule has 0 atom stereocenters. The summed E-state index contributed by atoms with van der Waals surface area (Å²) in [5.74, 6) is -1.27. The molecule has 0 spiro atoms. The zero-order valence-electron chi connectivity index (χ0n) is 12.6. The van der Waals surface area contributed by atoms with Crippen molar-refractivity contribution in [3.63, 3.8) is 0 Å². The van der Waals surface area contributed by atoms with Crippen LogP contribution in [-0.4, -0.2) is 31.4 Å². The zero-order valence-corrected chi connectivity index (χ0v) is 13.4. The minimum absolute atomic E-state index is 0.127. The molecule has 4 nitrogen and oxygen atoms in total. The number of halogens is 2. The van der Waals surface area contributed by atoms with E-state index < -0.39 is 30.1 Å². The molecule has 0 aromatic heterocycles.